The number of carbonyl (C=O) groups excluding carboxylic acids is 2. The molecule has 102 valence electrons. The highest BCUT2D eigenvalue weighted by Crippen LogP contribution is 2.17. The van der Waals surface area contributed by atoms with E-state index in [2.05, 4.69) is 4.74 Å². The van der Waals surface area contributed by atoms with E-state index in [1.54, 1.807) is 11.8 Å². The predicted molar refractivity (Wildman–Crippen MR) is 67.3 cm³/mol. The molecule has 0 bridgehead atoms. The lowest BCUT2D eigenvalue weighted by molar-refractivity contribution is -0.140. The number of hydrogen-bond donors (Lipinski definition) is 0. The van der Waals surface area contributed by atoms with Crippen LogP contribution in [0.2, 0.25) is 0 Å². The van der Waals surface area contributed by atoms with Crippen molar-refractivity contribution in [1.82, 2.24) is 4.90 Å². The fourth-order valence-corrected chi connectivity index (χ4v) is 1.76. The Bertz CT molecular complexity index is 341. The van der Waals surface area contributed by atoms with E-state index in [0.29, 0.717) is 25.9 Å². The van der Waals surface area contributed by atoms with Gasteiger partial charge in [0.2, 0.25) is 0 Å². The molecule has 18 heavy (non-hydrogen) atoms. The van der Waals surface area contributed by atoms with Crippen LogP contribution in [0.5, 0.6) is 0 Å². The molecule has 0 aromatic rings. The molecule has 0 saturated heterocycles. The first-order valence-corrected chi connectivity index (χ1v) is 6.31. The van der Waals surface area contributed by atoms with E-state index in [4.69, 9.17) is 16.3 Å². The van der Waals surface area contributed by atoms with Crippen molar-refractivity contribution >= 4 is 23.7 Å². The summed E-state index contributed by atoms with van der Waals surface area (Å²) in [6, 6.07) is 0. The van der Waals surface area contributed by atoms with Gasteiger partial charge < -0.3 is 14.4 Å². The Kier molecular flexibility index (Phi) is 5.98. The molecule has 1 unspecified atom stereocenters. The van der Waals surface area contributed by atoms with Gasteiger partial charge in [0, 0.05) is 19.5 Å². The van der Waals surface area contributed by atoms with Crippen molar-refractivity contribution in [3.05, 3.63) is 11.6 Å². The van der Waals surface area contributed by atoms with Crippen molar-refractivity contribution < 1.29 is 19.1 Å². The zero-order chi connectivity index (χ0) is 13.5. The van der Waals surface area contributed by atoms with Gasteiger partial charge in [-0.15, -0.1) is 0 Å². The van der Waals surface area contributed by atoms with Crippen molar-refractivity contribution in [2.24, 2.45) is 0 Å². The second-order valence-electron chi connectivity index (χ2n) is 4.06. The second kappa shape index (κ2) is 7.26. The SMILES string of the molecule is COC(=O)CCC1=CCN(C(=O)OC(C)Cl)CC1. The number of amides is 1. The number of ether oxygens (including phenoxy) is 2. The molecule has 6 heteroatoms. The quantitative estimate of drug-likeness (QED) is 0.449. The lowest BCUT2D eigenvalue weighted by Crippen LogP contribution is -2.36. The zero-order valence-corrected chi connectivity index (χ0v) is 11.4. The first-order chi connectivity index (χ1) is 8.52. The first-order valence-electron chi connectivity index (χ1n) is 5.87. The molecule has 1 aliphatic heterocycles. The lowest BCUT2D eigenvalue weighted by atomic mass is 10.0. The van der Waals surface area contributed by atoms with Gasteiger partial charge in [-0.25, -0.2) is 4.79 Å². The molecule has 0 saturated carbocycles. The monoisotopic (exact) mass is 275 g/mol. The molecule has 1 aliphatic rings. The molecule has 1 heterocycles. The number of rotatable bonds is 4. The number of hydrogen-bond acceptors (Lipinski definition) is 4. The summed E-state index contributed by atoms with van der Waals surface area (Å²) in [7, 11) is 1.38. The molecule has 0 N–H and O–H groups in total. The number of halogens is 1. The van der Waals surface area contributed by atoms with Gasteiger partial charge in [-0.2, -0.15) is 0 Å². The maximum atomic E-state index is 11.5. The van der Waals surface area contributed by atoms with Crippen LogP contribution in [0, 0.1) is 0 Å². The summed E-state index contributed by atoms with van der Waals surface area (Å²) in [4.78, 5) is 24.1. The highest BCUT2D eigenvalue weighted by atomic mass is 35.5. The van der Waals surface area contributed by atoms with Crippen LogP contribution in [0.4, 0.5) is 4.79 Å². The highest BCUT2D eigenvalue weighted by Gasteiger charge is 2.19. The van der Waals surface area contributed by atoms with E-state index < -0.39 is 11.7 Å². The van der Waals surface area contributed by atoms with Crippen LogP contribution in [0.3, 0.4) is 0 Å². The Balaban J connectivity index is 2.36. The Labute approximate surface area is 112 Å². The Morgan fingerprint density at radius 1 is 1.56 bits per heavy atom. The van der Waals surface area contributed by atoms with Crippen molar-refractivity contribution in [1.29, 1.82) is 0 Å². The Morgan fingerprint density at radius 2 is 2.28 bits per heavy atom. The van der Waals surface area contributed by atoms with Crippen LogP contribution < -0.4 is 0 Å². The van der Waals surface area contributed by atoms with E-state index in [-0.39, 0.29) is 5.97 Å². The smallest absolute Gasteiger partial charge is 0.411 e. The maximum Gasteiger partial charge on any atom is 0.411 e. The third-order valence-electron chi connectivity index (χ3n) is 2.70. The van der Waals surface area contributed by atoms with Gasteiger partial charge in [0.15, 0.2) is 5.56 Å². The summed E-state index contributed by atoms with van der Waals surface area (Å²) >= 11 is 5.58. The van der Waals surface area contributed by atoms with Crippen LogP contribution in [0.1, 0.15) is 26.2 Å². The van der Waals surface area contributed by atoms with Gasteiger partial charge in [-0.3, -0.25) is 4.79 Å². The largest absolute Gasteiger partial charge is 0.469 e. The average molecular weight is 276 g/mol. The molecule has 0 spiro atoms. The molecule has 5 nitrogen and oxygen atoms in total. The summed E-state index contributed by atoms with van der Waals surface area (Å²) in [5.74, 6) is -0.214. The molecule has 0 aliphatic carbocycles. The third kappa shape index (κ3) is 4.96. The lowest BCUT2D eigenvalue weighted by Gasteiger charge is -2.26. The third-order valence-corrected chi connectivity index (χ3v) is 2.79. The van der Waals surface area contributed by atoms with E-state index in [9.17, 15) is 9.59 Å². The van der Waals surface area contributed by atoms with Crippen LogP contribution in [-0.2, 0) is 14.3 Å². The second-order valence-corrected chi connectivity index (χ2v) is 4.68. The molecule has 0 fully saturated rings. The minimum Gasteiger partial charge on any atom is -0.469 e. The minimum absolute atomic E-state index is 0.214. The number of methoxy groups -OCH3 is 1. The molecule has 0 aromatic carbocycles. The van der Waals surface area contributed by atoms with Crippen molar-refractivity contribution in [3.63, 3.8) is 0 Å². The first kappa shape index (κ1) is 14.8. The van der Waals surface area contributed by atoms with Gasteiger partial charge in [0.25, 0.3) is 0 Å². The molecule has 1 atom stereocenters. The number of carbonyl (C=O) groups is 2. The summed E-state index contributed by atoms with van der Waals surface area (Å²) in [6.45, 7) is 2.69. The van der Waals surface area contributed by atoms with Gasteiger partial charge >= 0.3 is 12.1 Å². The Hall–Kier alpha value is -1.23. The number of nitrogens with zero attached hydrogens (tertiary/aromatic N) is 1. The molecular weight excluding hydrogens is 258 g/mol. The zero-order valence-electron chi connectivity index (χ0n) is 10.6. The van der Waals surface area contributed by atoms with Crippen molar-refractivity contribution in [2.75, 3.05) is 20.2 Å². The van der Waals surface area contributed by atoms with Crippen molar-refractivity contribution in [2.45, 2.75) is 31.7 Å². The number of alkyl halides is 1. The Morgan fingerprint density at radius 3 is 2.78 bits per heavy atom. The number of esters is 1. The minimum atomic E-state index is -0.623. The standard InChI is InChI=1S/C12H18ClNO4/c1-9(13)18-12(16)14-7-5-10(6-8-14)3-4-11(15)17-2/h5,9H,3-4,6-8H2,1-2H3. The molecular formula is C12H18ClNO4. The predicted octanol–water partition coefficient (Wildman–Crippen LogP) is 2.29. The normalized spacial score (nSPS) is 16.8. The van der Waals surface area contributed by atoms with Gasteiger partial charge in [-0.05, 0) is 19.8 Å². The van der Waals surface area contributed by atoms with E-state index >= 15 is 0 Å². The fraction of sp³-hybridized carbons (Fsp3) is 0.667. The summed E-state index contributed by atoms with van der Waals surface area (Å²) in [5.41, 5.74) is 0.547. The van der Waals surface area contributed by atoms with E-state index in [1.165, 1.54) is 12.7 Å². The summed E-state index contributed by atoms with van der Waals surface area (Å²) in [6.07, 6.45) is 3.36. The van der Waals surface area contributed by atoms with Crippen LogP contribution >= 0.6 is 11.6 Å². The fourth-order valence-electron chi connectivity index (χ4n) is 1.68. The topological polar surface area (TPSA) is 55.8 Å². The van der Waals surface area contributed by atoms with E-state index in [0.717, 1.165) is 6.42 Å². The summed E-state index contributed by atoms with van der Waals surface area (Å²) in [5, 5.41) is 0. The van der Waals surface area contributed by atoms with Gasteiger partial charge in [-0.1, -0.05) is 23.3 Å². The molecule has 1 amide bonds. The highest BCUT2D eigenvalue weighted by molar-refractivity contribution is 6.19. The van der Waals surface area contributed by atoms with Gasteiger partial charge in [0.05, 0.1) is 7.11 Å². The van der Waals surface area contributed by atoms with Crippen LogP contribution in [0.25, 0.3) is 0 Å². The van der Waals surface area contributed by atoms with Crippen LogP contribution in [0.15, 0.2) is 11.6 Å². The average Bonchev–Trinajstić information content (AvgIpc) is 2.35. The maximum absolute atomic E-state index is 11.5. The molecule has 0 radical (unpaired) electrons. The summed E-state index contributed by atoms with van der Waals surface area (Å²) < 4.78 is 9.47. The van der Waals surface area contributed by atoms with Crippen LogP contribution in [-0.4, -0.2) is 42.7 Å². The molecule has 0 aromatic heterocycles. The molecule has 1 rings (SSSR count). The van der Waals surface area contributed by atoms with E-state index in [1.807, 2.05) is 6.08 Å². The van der Waals surface area contributed by atoms with Gasteiger partial charge in [0.1, 0.15) is 0 Å². The van der Waals surface area contributed by atoms with Crippen molar-refractivity contribution in [3.8, 4) is 0 Å².